The number of anilines is 1. The van der Waals surface area contributed by atoms with Gasteiger partial charge in [-0.1, -0.05) is 48.5 Å². The Morgan fingerprint density at radius 3 is 2.31 bits per heavy atom. The van der Waals surface area contributed by atoms with Crippen molar-refractivity contribution in [1.29, 1.82) is 0 Å². The standard InChI is InChI=1S/C23H25N3/c1-15-9-7-10-16(2)19(15)20-18-13-8-14-23(3,17-11-5-4-6-12-17)21(18)26-22(24)25-20/h4-7,9-12H,8,13-14H2,1-3H3,(H2,24,25,26). The second-order valence-corrected chi connectivity index (χ2v) is 7.58. The van der Waals surface area contributed by atoms with Crippen LogP contribution in [-0.4, -0.2) is 9.97 Å². The van der Waals surface area contributed by atoms with Crippen molar-refractivity contribution in [1.82, 2.24) is 9.97 Å². The fraction of sp³-hybridized carbons (Fsp3) is 0.304. The molecule has 1 aromatic heterocycles. The molecule has 1 aliphatic carbocycles. The van der Waals surface area contributed by atoms with Crippen LogP contribution in [0.3, 0.4) is 0 Å². The van der Waals surface area contributed by atoms with Gasteiger partial charge >= 0.3 is 0 Å². The van der Waals surface area contributed by atoms with E-state index in [1.54, 1.807) is 0 Å². The lowest BCUT2D eigenvalue weighted by molar-refractivity contribution is 0.450. The van der Waals surface area contributed by atoms with Crippen LogP contribution in [0.1, 0.15) is 47.7 Å². The lowest BCUT2D eigenvalue weighted by Gasteiger charge is -2.36. The zero-order valence-corrected chi connectivity index (χ0v) is 15.7. The van der Waals surface area contributed by atoms with Gasteiger partial charge in [-0.3, -0.25) is 0 Å². The number of benzene rings is 2. The van der Waals surface area contributed by atoms with E-state index >= 15 is 0 Å². The Bertz CT molecular complexity index is 942. The highest BCUT2D eigenvalue weighted by Gasteiger charge is 2.37. The van der Waals surface area contributed by atoms with Crippen LogP contribution in [0.2, 0.25) is 0 Å². The molecule has 3 heteroatoms. The molecule has 0 spiro atoms. The molecule has 3 aromatic rings. The monoisotopic (exact) mass is 343 g/mol. The predicted octanol–water partition coefficient (Wildman–Crippen LogP) is 4.98. The summed E-state index contributed by atoms with van der Waals surface area (Å²) in [5.41, 5.74) is 14.4. The van der Waals surface area contributed by atoms with Crippen LogP contribution in [0.5, 0.6) is 0 Å². The first-order valence-corrected chi connectivity index (χ1v) is 9.29. The summed E-state index contributed by atoms with van der Waals surface area (Å²) in [6.07, 6.45) is 3.21. The Labute approximate surface area is 155 Å². The molecule has 0 saturated heterocycles. The minimum atomic E-state index is -0.128. The van der Waals surface area contributed by atoms with Crippen LogP contribution < -0.4 is 5.73 Å². The summed E-state index contributed by atoms with van der Waals surface area (Å²) in [5, 5.41) is 0. The van der Waals surface area contributed by atoms with Crippen molar-refractivity contribution in [3.8, 4) is 11.3 Å². The molecule has 0 aliphatic heterocycles. The molecule has 0 saturated carbocycles. The van der Waals surface area contributed by atoms with E-state index in [2.05, 4.69) is 69.3 Å². The highest BCUT2D eigenvalue weighted by Crippen LogP contribution is 2.44. The summed E-state index contributed by atoms with van der Waals surface area (Å²) in [5.74, 6) is 0.366. The maximum Gasteiger partial charge on any atom is 0.220 e. The summed E-state index contributed by atoms with van der Waals surface area (Å²) in [4.78, 5) is 9.46. The molecule has 132 valence electrons. The first-order chi connectivity index (χ1) is 12.5. The molecule has 26 heavy (non-hydrogen) atoms. The van der Waals surface area contributed by atoms with E-state index in [1.165, 1.54) is 27.8 Å². The molecule has 0 fully saturated rings. The largest absolute Gasteiger partial charge is 0.368 e. The second kappa shape index (κ2) is 6.24. The molecule has 0 amide bonds. The Hall–Kier alpha value is -2.68. The average molecular weight is 343 g/mol. The molecule has 2 aromatic carbocycles. The molecular formula is C23H25N3. The van der Waals surface area contributed by atoms with Gasteiger partial charge in [0.05, 0.1) is 11.4 Å². The lowest BCUT2D eigenvalue weighted by Crippen LogP contribution is -2.31. The van der Waals surface area contributed by atoms with Crippen LogP contribution >= 0.6 is 0 Å². The molecule has 1 atom stereocenters. The molecule has 0 radical (unpaired) electrons. The zero-order chi connectivity index (χ0) is 18.3. The SMILES string of the molecule is Cc1cccc(C)c1-c1nc(N)nc2c1CCCC2(C)c1ccccc1. The van der Waals surface area contributed by atoms with Gasteiger partial charge in [-0.15, -0.1) is 0 Å². The van der Waals surface area contributed by atoms with E-state index in [0.29, 0.717) is 5.95 Å². The summed E-state index contributed by atoms with van der Waals surface area (Å²) in [6, 6.07) is 17.1. The predicted molar refractivity (Wildman–Crippen MR) is 107 cm³/mol. The third kappa shape index (κ3) is 2.59. The van der Waals surface area contributed by atoms with Crippen molar-refractivity contribution in [2.75, 3.05) is 5.73 Å². The minimum Gasteiger partial charge on any atom is -0.368 e. The number of nitrogens with two attached hydrogens (primary N) is 1. The smallest absolute Gasteiger partial charge is 0.220 e. The van der Waals surface area contributed by atoms with Crippen molar-refractivity contribution in [2.45, 2.75) is 45.4 Å². The van der Waals surface area contributed by atoms with E-state index in [-0.39, 0.29) is 5.41 Å². The molecule has 1 aliphatic rings. The number of hydrogen-bond acceptors (Lipinski definition) is 3. The first-order valence-electron chi connectivity index (χ1n) is 9.29. The zero-order valence-electron chi connectivity index (χ0n) is 15.7. The van der Waals surface area contributed by atoms with E-state index in [9.17, 15) is 0 Å². The van der Waals surface area contributed by atoms with Gasteiger partial charge in [0.2, 0.25) is 5.95 Å². The molecule has 2 N–H and O–H groups in total. The van der Waals surface area contributed by atoms with Crippen molar-refractivity contribution in [3.05, 3.63) is 76.5 Å². The van der Waals surface area contributed by atoms with Crippen molar-refractivity contribution < 1.29 is 0 Å². The van der Waals surface area contributed by atoms with Crippen LogP contribution in [-0.2, 0) is 11.8 Å². The molecule has 4 rings (SSSR count). The number of hydrogen-bond donors (Lipinski definition) is 1. The molecule has 3 nitrogen and oxygen atoms in total. The third-order valence-corrected chi connectivity index (χ3v) is 5.78. The number of nitrogen functional groups attached to an aromatic ring is 1. The highest BCUT2D eigenvalue weighted by atomic mass is 15.0. The van der Waals surface area contributed by atoms with Gasteiger partial charge in [0.1, 0.15) is 0 Å². The highest BCUT2D eigenvalue weighted by molar-refractivity contribution is 5.72. The summed E-state index contributed by atoms with van der Waals surface area (Å²) in [6.45, 7) is 6.58. The van der Waals surface area contributed by atoms with Crippen molar-refractivity contribution >= 4 is 5.95 Å². The van der Waals surface area contributed by atoms with Gasteiger partial charge < -0.3 is 5.73 Å². The molecular weight excluding hydrogens is 318 g/mol. The summed E-state index contributed by atoms with van der Waals surface area (Å²) >= 11 is 0. The maximum atomic E-state index is 6.20. The van der Waals surface area contributed by atoms with Crippen LogP contribution in [0.4, 0.5) is 5.95 Å². The van der Waals surface area contributed by atoms with Gasteiger partial charge in [0.15, 0.2) is 0 Å². The number of nitrogens with zero attached hydrogens (tertiary/aromatic N) is 2. The number of aromatic nitrogens is 2. The van der Waals surface area contributed by atoms with Crippen LogP contribution in [0, 0.1) is 13.8 Å². The summed E-state index contributed by atoms with van der Waals surface area (Å²) in [7, 11) is 0. The van der Waals surface area contributed by atoms with Gasteiger partial charge in [-0.25, -0.2) is 9.97 Å². The second-order valence-electron chi connectivity index (χ2n) is 7.58. The van der Waals surface area contributed by atoms with E-state index < -0.39 is 0 Å². The Balaban J connectivity index is 2.00. The fourth-order valence-corrected chi connectivity index (χ4v) is 4.41. The lowest BCUT2D eigenvalue weighted by atomic mass is 9.69. The summed E-state index contributed by atoms with van der Waals surface area (Å²) < 4.78 is 0. The van der Waals surface area contributed by atoms with Gasteiger partial charge in [-0.2, -0.15) is 0 Å². The van der Waals surface area contributed by atoms with Crippen molar-refractivity contribution in [3.63, 3.8) is 0 Å². The first kappa shape index (κ1) is 16.8. The number of fused-ring (bicyclic) bond motifs is 1. The maximum absolute atomic E-state index is 6.20. The third-order valence-electron chi connectivity index (χ3n) is 5.78. The molecule has 0 bridgehead atoms. The fourth-order valence-electron chi connectivity index (χ4n) is 4.41. The molecule has 1 unspecified atom stereocenters. The average Bonchev–Trinajstić information content (AvgIpc) is 2.63. The Morgan fingerprint density at radius 2 is 1.62 bits per heavy atom. The van der Waals surface area contributed by atoms with Gasteiger partial charge in [0, 0.05) is 16.5 Å². The topological polar surface area (TPSA) is 51.8 Å². The number of rotatable bonds is 2. The van der Waals surface area contributed by atoms with E-state index in [4.69, 9.17) is 15.7 Å². The van der Waals surface area contributed by atoms with E-state index in [0.717, 1.165) is 30.7 Å². The van der Waals surface area contributed by atoms with Crippen molar-refractivity contribution in [2.24, 2.45) is 0 Å². The van der Waals surface area contributed by atoms with Gasteiger partial charge in [-0.05, 0) is 56.7 Å². The Morgan fingerprint density at radius 1 is 0.923 bits per heavy atom. The Kier molecular flexibility index (Phi) is 4.03. The van der Waals surface area contributed by atoms with Gasteiger partial charge in [0.25, 0.3) is 0 Å². The van der Waals surface area contributed by atoms with Crippen LogP contribution in [0.15, 0.2) is 48.5 Å². The quantitative estimate of drug-likeness (QED) is 0.713. The normalized spacial score (nSPS) is 19.2. The van der Waals surface area contributed by atoms with Crippen LogP contribution in [0.25, 0.3) is 11.3 Å². The minimum absolute atomic E-state index is 0.128. The molecule has 1 heterocycles. The number of aryl methyl sites for hydroxylation is 2. The van der Waals surface area contributed by atoms with E-state index in [1.807, 2.05) is 0 Å².